The lowest BCUT2D eigenvalue weighted by Crippen LogP contribution is -2.00. The van der Waals surface area contributed by atoms with Crippen LogP contribution in [0.4, 0.5) is 5.69 Å². The van der Waals surface area contributed by atoms with Crippen molar-refractivity contribution in [1.29, 1.82) is 0 Å². The molecule has 27 heavy (non-hydrogen) atoms. The SMILES string of the molecule is O=[N+]([O-])c1ccc(O)c(/C=N/C(c2ccccc2O)c2ccccc2O)c1. The van der Waals surface area contributed by atoms with E-state index in [0.29, 0.717) is 11.1 Å². The second kappa shape index (κ2) is 7.57. The molecule has 0 aliphatic rings. The molecular weight excluding hydrogens is 348 g/mol. The number of rotatable bonds is 5. The summed E-state index contributed by atoms with van der Waals surface area (Å²) >= 11 is 0. The molecular formula is C20H16N2O5. The first-order valence-corrected chi connectivity index (χ1v) is 8.03. The number of nitrogens with zero attached hydrogens (tertiary/aromatic N) is 2. The van der Waals surface area contributed by atoms with Crippen molar-refractivity contribution in [2.45, 2.75) is 6.04 Å². The third-order valence-corrected chi connectivity index (χ3v) is 4.05. The first-order valence-electron chi connectivity index (χ1n) is 8.03. The predicted molar refractivity (Wildman–Crippen MR) is 100 cm³/mol. The molecule has 0 amide bonds. The molecule has 0 unspecified atom stereocenters. The molecule has 3 N–H and O–H groups in total. The van der Waals surface area contributed by atoms with Crippen LogP contribution < -0.4 is 0 Å². The lowest BCUT2D eigenvalue weighted by molar-refractivity contribution is -0.384. The highest BCUT2D eigenvalue weighted by atomic mass is 16.6. The largest absolute Gasteiger partial charge is 0.508 e. The minimum Gasteiger partial charge on any atom is -0.508 e. The van der Waals surface area contributed by atoms with Crippen LogP contribution in [0.25, 0.3) is 0 Å². The van der Waals surface area contributed by atoms with Crippen LogP contribution in [0.3, 0.4) is 0 Å². The molecule has 0 aromatic heterocycles. The van der Waals surface area contributed by atoms with Crippen molar-refractivity contribution >= 4 is 11.9 Å². The fourth-order valence-corrected chi connectivity index (χ4v) is 2.68. The number of nitro groups is 1. The van der Waals surface area contributed by atoms with E-state index >= 15 is 0 Å². The molecule has 0 atom stereocenters. The molecule has 0 bridgehead atoms. The zero-order chi connectivity index (χ0) is 19.4. The Bertz CT molecular complexity index is 971. The quantitative estimate of drug-likeness (QED) is 0.360. The van der Waals surface area contributed by atoms with Gasteiger partial charge in [0.2, 0.25) is 0 Å². The van der Waals surface area contributed by atoms with E-state index in [1.165, 1.54) is 36.5 Å². The van der Waals surface area contributed by atoms with Crippen molar-refractivity contribution in [2.24, 2.45) is 4.99 Å². The third-order valence-electron chi connectivity index (χ3n) is 4.05. The van der Waals surface area contributed by atoms with Crippen LogP contribution in [0.2, 0.25) is 0 Å². The highest BCUT2D eigenvalue weighted by Gasteiger charge is 2.19. The third kappa shape index (κ3) is 3.87. The van der Waals surface area contributed by atoms with E-state index < -0.39 is 11.0 Å². The van der Waals surface area contributed by atoms with E-state index in [2.05, 4.69) is 4.99 Å². The summed E-state index contributed by atoms with van der Waals surface area (Å²) in [6, 6.07) is 15.9. The first kappa shape index (κ1) is 17.9. The van der Waals surface area contributed by atoms with Crippen LogP contribution >= 0.6 is 0 Å². The Morgan fingerprint density at radius 1 is 0.852 bits per heavy atom. The number of aromatic hydroxyl groups is 3. The topological polar surface area (TPSA) is 116 Å². The van der Waals surface area contributed by atoms with E-state index in [1.54, 1.807) is 36.4 Å². The molecule has 3 aromatic carbocycles. The molecule has 7 heteroatoms. The van der Waals surface area contributed by atoms with Crippen LogP contribution in [-0.4, -0.2) is 26.5 Å². The summed E-state index contributed by atoms with van der Waals surface area (Å²) in [4.78, 5) is 14.8. The molecule has 0 aliphatic carbocycles. The minimum atomic E-state index is -0.772. The number of nitro benzene ring substituents is 1. The van der Waals surface area contributed by atoms with Gasteiger partial charge in [0.1, 0.15) is 23.3 Å². The van der Waals surface area contributed by atoms with Gasteiger partial charge in [-0.25, -0.2) is 0 Å². The van der Waals surface area contributed by atoms with Crippen molar-refractivity contribution in [3.63, 3.8) is 0 Å². The molecule has 0 saturated carbocycles. The van der Waals surface area contributed by atoms with E-state index in [9.17, 15) is 25.4 Å². The number of para-hydroxylation sites is 2. The lowest BCUT2D eigenvalue weighted by atomic mass is 9.97. The molecule has 136 valence electrons. The number of hydrogen-bond donors (Lipinski definition) is 3. The number of phenolic OH excluding ortho intramolecular Hbond substituents is 3. The van der Waals surface area contributed by atoms with Crippen molar-refractivity contribution in [3.8, 4) is 17.2 Å². The van der Waals surface area contributed by atoms with Crippen molar-refractivity contribution < 1.29 is 20.2 Å². The highest BCUT2D eigenvalue weighted by molar-refractivity contribution is 5.85. The Hall–Kier alpha value is -3.87. The Labute approximate surface area is 154 Å². The summed E-state index contributed by atoms with van der Waals surface area (Å²) in [6.07, 6.45) is 1.28. The molecule has 0 fully saturated rings. The standard InChI is InChI=1S/C20H16N2O5/c23-17-10-9-14(22(26)27)11-13(17)12-21-20(15-5-1-3-7-18(15)24)16-6-2-4-8-19(16)25/h1-12,20,23-25H/b21-12+. The zero-order valence-electron chi connectivity index (χ0n) is 14.1. The smallest absolute Gasteiger partial charge is 0.270 e. The Morgan fingerprint density at radius 3 is 1.93 bits per heavy atom. The maximum absolute atomic E-state index is 10.9. The average Bonchev–Trinajstić information content (AvgIpc) is 2.65. The maximum atomic E-state index is 10.9. The van der Waals surface area contributed by atoms with Crippen molar-refractivity contribution in [3.05, 3.63) is 93.5 Å². The molecule has 3 aromatic rings. The van der Waals surface area contributed by atoms with Gasteiger partial charge in [0.25, 0.3) is 5.69 Å². The second-order valence-corrected chi connectivity index (χ2v) is 5.80. The number of benzene rings is 3. The molecule has 7 nitrogen and oxygen atoms in total. The van der Waals surface area contributed by atoms with E-state index in [4.69, 9.17) is 0 Å². The monoisotopic (exact) mass is 364 g/mol. The highest BCUT2D eigenvalue weighted by Crippen LogP contribution is 2.36. The number of hydrogen-bond acceptors (Lipinski definition) is 6. The Morgan fingerprint density at radius 2 is 1.41 bits per heavy atom. The summed E-state index contributed by atoms with van der Waals surface area (Å²) in [6.45, 7) is 0. The summed E-state index contributed by atoms with van der Waals surface area (Å²) in [7, 11) is 0. The molecule has 0 heterocycles. The molecule has 0 saturated heterocycles. The normalized spacial score (nSPS) is 11.1. The van der Waals surface area contributed by atoms with Crippen LogP contribution in [0, 0.1) is 10.1 Å². The van der Waals surface area contributed by atoms with Gasteiger partial charge >= 0.3 is 0 Å². The number of aliphatic imine (C=N–C) groups is 1. The summed E-state index contributed by atoms with van der Waals surface area (Å²) in [5.74, 6) is -0.185. The second-order valence-electron chi connectivity index (χ2n) is 5.80. The van der Waals surface area contributed by atoms with Crippen LogP contribution in [0.15, 0.2) is 71.7 Å². The maximum Gasteiger partial charge on any atom is 0.270 e. The van der Waals surface area contributed by atoms with E-state index in [0.717, 1.165) is 0 Å². The van der Waals surface area contributed by atoms with E-state index in [1.807, 2.05) is 0 Å². The number of non-ortho nitro benzene ring substituents is 1. The van der Waals surface area contributed by atoms with Gasteiger partial charge in [-0.05, 0) is 18.2 Å². The molecule has 0 radical (unpaired) electrons. The van der Waals surface area contributed by atoms with Gasteiger partial charge in [0, 0.05) is 35.0 Å². The van der Waals surface area contributed by atoms with Gasteiger partial charge in [0.15, 0.2) is 0 Å². The summed E-state index contributed by atoms with van der Waals surface area (Å²) < 4.78 is 0. The Balaban J connectivity index is 2.09. The number of phenols is 3. The van der Waals surface area contributed by atoms with E-state index in [-0.39, 0.29) is 28.5 Å². The van der Waals surface area contributed by atoms with Gasteiger partial charge in [-0.2, -0.15) is 0 Å². The molecule has 3 rings (SSSR count). The fraction of sp³-hybridized carbons (Fsp3) is 0.0500. The zero-order valence-corrected chi connectivity index (χ0v) is 14.1. The van der Waals surface area contributed by atoms with Gasteiger partial charge < -0.3 is 15.3 Å². The Kier molecular flexibility index (Phi) is 5.03. The van der Waals surface area contributed by atoms with Crippen LogP contribution in [0.5, 0.6) is 17.2 Å². The van der Waals surface area contributed by atoms with Gasteiger partial charge in [-0.1, -0.05) is 36.4 Å². The van der Waals surface area contributed by atoms with Crippen LogP contribution in [-0.2, 0) is 0 Å². The molecule has 0 spiro atoms. The van der Waals surface area contributed by atoms with Gasteiger partial charge in [-0.3, -0.25) is 15.1 Å². The minimum absolute atomic E-state index is 0.00818. The average molecular weight is 364 g/mol. The first-order chi connectivity index (χ1) is 13.0. The summed E-state index contributed by atoms with van der Waals surface area (Å²) in [5.41, 5.74) is 0.858. The van der Waals surface area contributed by atoms with Crippen LogP contribution in [0.1, 0.15) is 22.7 Å². The fourth-order valence-electron chi connectivity index (χ4n) is 2.68. The van der Waals surface area contributed by atoms with Crippen molar-refractivity contribution in [1.82, 2.24) is 0 Å². The lowest BCUT2D eigenvalue weighted by Gasteiger charge is -2.16. The predicted octanol–water partition coefficient (Wildman–Crippen LogP) is 3.92. The van der Waals surface area contributed by atoms with Gasteiger partial charge in [-0.15, -0.1) is 0 Å². The van der Waals surface area contributed by atoms with Crippen molar-refractivity contribution in [2.75, 3.05) is 0 Å². The van der Waals surface area contributed by atoms with Gasteiger partial charge in [0.05, 0.1) is 4.92 Å². The summed E-state index contributed by atoms with van der Waals surface area (Å²) in [5, 5.41) is 41.3. The molecule has 0 aliphatic heterocycles.